The third-order valence-electron chi connectivity index (χ3n) is 3.18. The molecule has 1 heterocycles. The highest BCUT2D eigenvalue weighted by molar-refractivity contribution is 5.86. The molecule has 3 atom stereocenters. The average Bonchev–Trinajstić information content (AvgIpc) is 2.69. The Labute approximate surface area is 102 Å². The molecule has 5 heteroatoms. The summed E-state index contributed by atoms with van der Waals surface area (Å²) in [6.07, 6.45) is 1.36. The van der Waals surface area contributed by atoms with Gasteiger partial charge in [0, 0.05) is 18.9 Å². The van der Waals surface area contributed by atoms with Crippen LogP contribution >= 0.6 is 0 Å². The zero-order valence-electron chi connectivity index (χ0n) is 10.7. The van der Waals surface area contributed by atoms with Crippen LogP contribution < -0.4 is 0 Å². The minimum absolute atomic E-state index is 0.0706. The number of aliphatic hydroxyl groups is 1. The molecule has 1 aliphatic rings. The van der Waals surface area contributed by atoms with Gasteiger partial charge in [-0.25, -0.2) is 4.79 Å². The number of aliphatic hydroxyl groups excluding tert-OH is 1. The van der Waals surface area contributed by atoms with Crippen LogP contribution in [-0.4, -0.2) is 47.7 Å². The maximum Gasteiger partial charge on any atom is 0.328 e. The van der Waals surface area contributed by atoms with Crippen LogP contribution in [0.2, 0.25) is 0 Å². The topological polar surface area (TPSA) is 66.8 Å². The van der Waals surface area contributed by atoms with Gasteiger partial charge in [-0.3, -0.25) is 4.79 Å². The van der Waals surface area contributed by atoms with E-state index in [0.717, 1.165) is 12.8 Å². The number of rotatable bonds is 4. The Hall–Kier alpha value is -1.10. The number of carbonyl (C=O) groups excluding carboxylic acids is 2. The van der Waals surface area contributed by atoms with Crippen molar-refractivity contribution < 1.29 is 19.4 Å². The summed E-state index contributed by atoms with van der Waals surface area (Å²) in [5.74, 6) is -0.630. The van der Waals surface area contributed by atoms with E-state index in [2.05, 4.69) is 4.74 Å². The lowest BCUT2D eigenvalue weighted by molar-refractivity contribution is -0.152. The molecule has 3 unspecified atom stereocenters. The van der Waals surface area contributed by atoms with Gasteiger partial charge < -0.3 is 14.7 Å². The number of likely N-dealkylation sites (tertiary alicyclic amines) is 1. The molecule has 1 N–H and O–H groups in total. The zero-order chi connectivity index (χ0) is 13.0. The van der Waals surface area contributed by atoms with Crippen molar-refractivity contribution in [2.75, 3.05) is 13.7 Å². The monoisotopic (exact) mass is 243 g/mol. The van der Waals surface area contributed by atoms with Gasteiger partial charge in [-0.05, 0) is 6.42 Å². The molecular weight excluding hydrogens is 222 g/mol. The predicted molar refractivity (Wildman–Crippen MR) is 62.2 cm³/mol. The van der Waals surface area contributed by atoms with Crippen molar-refractivity contribution in [2.24, 2.45) is 5.92 Å². The number of amides is 1. The molecule has 1 aliphatic heterocycles. The van der Waals surface area contributed by atoms with Gasteiger partial charge >= 0.3 is 5.97 Å². The zero-order valence-corrected chi connectivity index (χ0v) is 10.7. The second-order valence-corrected chi connectivity index (χ2v) is 4.61. The minimum atomic E-state index is -0.628. The lowest BCUT2D eigenvalue weighted by Crippen LogP contribution is -2.43. The standard InChI is InChI=1S/C12H21NO4/c1-4-5-8(2)11(15)13-7-9(14)6-10(13)12(16)17-3/h8-10,14H,4-7H2,1-3H3. The predicted octanol–water partition coefficient (Wildman–Crippen LogP) is 0.557. The van der Waals surface area contributed by atoms with Crippen LogP contribution in [0.3, 0.4) is 0 Å². The summed E-state index contributed by atoms with van der Waals surface area (Å²) in [5.41, 5.74) is 0. The minimum Gasteiger partial charge on any atom is -0.467 e. The second-order valence-electron chi connectivity index (χ2n) is 4.61. The fraction of sp³-hybridized carbons (Fsp3) is 0.833. The Kier molecular flexibility index (Phi) is 4.93. The number of hydrogen-bond donors (Lipinski definition) is 1. The van der Waals surface area contributed by atoms with Crippen LogP contribution in [0.25, 0.3) is 0 Å². The molecule has 1 rings (SSSR count). The lowest BCUT2D eigenvalue weighted by Gasteiger charge is -2.25. The van der Waals surface area contributed by atoms with Crippen molar-refractivity contribution in [1.82, 2.24) is 4.90 Å². The van der Waals surface area contributed by atoms with E-state index in [1.807, 2.05) is 13.8 Å². The molecule has 0 aromatic carbocycles. The van der Waals surface area contributed by atoms with E-state index in [9.17, 15) is 14.7 Å². The summed E-state index contributed by atoms with van der Waals surface area (Å²) in [4.78, 5) is 25.1. The first-order chi connectivity index (χ1) is 8.01. The fourth-order valence-corrected chi connectivity index (χ4v) is 2.26. The molecular formula is C12H21NO4. The van der Waals surface area contributed by atoms with E-state index in [0.29, 0.717) is 0 Å². The highest BCUT2D eigenvalue weighted by Crippen LogP contribution is 2.22. The quantitative estimate of drug-likeness (QED) is 0.733. The lowest BCUT2D eigenvalue weighted by atomic mass is 10.0. The largest absolute Gasteiger partial charge is 0.467 e. The second kappa shape index (κ2) is 6.00. The van der Waals surface area contributed by atoms with Crippen LogP contribution in [0, 0.1) is 5.92 Å². The number of carbonyl (C=O) groups is 2. The van der Waals surface area contributed by atoms with Crippen molar-refractivity contribution in [3.8, 4) is 0 Å². The highest BCUT2D eigenvalue weighted by atomic mass is 16.5. The number of β-amino-alcohol motifs (C(OH)–C–C–N with tert-alkyl or cyclic N) is 1. The Balaban J connectivity index is 2.73. The summed E-state index contributed by atoms with van der Waals surface area (Å²) in [7, 11) is 1.30. The molecule has 0 spiro atoms. The molecule has 0 bridgehead atoms. The number of hydrogen-bond acceptors (Lipinski definition) is 4. The molecule has 0 saturated carbocycles. The van der Waals surface area contributed by atoms with Crippen LogP contribution in [0.5, 0.6) is 0 Å². The van der Waals surface area contributed by atoms with E-state index < -0.39 is 18.1 Å². The maximum absolute atomic E-state index is 12.1. The van der Waals surface area contributed by atoms with E-state index in [1.54, 1.807) is 0 Å². The molecule has 0 aliphatic carbocycles. The summed E-state index contributed by atoms with van der Waals surface area (Å²) in [6, 6.07) is -0.623. The van der Waals surface area contributed by atoms with Gasteiger partial charge in [0.1, 0.15) is 6.04 Å². The van der Waals surface area contributed by atoms with Crippen molar-refractivity contribution in [3.05, 3.63) is 0 Å². The Morgan fingerprint density at radius 3 is 2.71 bits per heavy atom. The summed E-state index contributed by atoms with van der Waals surface area (Å²) >= 11 is 0. The van der Waals surface area contributed by atoms with Gasteiger partial charge in [0.05, 0.1) is 13.2 Å². The number of esters is 1. The molecule has 0 radical (unpaired) electrons. The van der Waals surface area contributed by atoms with E-state index in [4.69, 9.17) is 0 Å². The normalized spacial score (nSPS) is 25.8. The molecule has 98 valence electrons. The van der Waals surface area contributed by atoms with Crippen molar-refractivity contribution in [1.29, 1.82) is 0 Å². The van der Waals surface area contributed by atoms with Crippen molar-refractivity contribution >= 4 is 11.9 Å². The molecule has 1 saturated heterocycles. The number of ether oxygens (including phenoxy) is 1. The van der Waals surface area contributed by atoms with Crippen LogP contribution in [-0.2, 0) is 14.3 Å². The summed E-state index contributed by atoms with van der Waals surface area (Å²) in [5, 5.41) is 9.57. The third kappa shape index (κ3) is 3.19. The first kappa shape index (κ1) is 14.0. The first-order valence-corrected chi connectivity index (χ1v) is 6.07. The molecule has 17 heavy (non-hydrogen) atoms. The third-order valence-corrected chi connectivity index (χ3v) is 3.18. The summed E-state index contributed by atoms with van der Waals surface area (Å²) in [6.45, 7) is 4.10. The highest BCUT2D eigenvalue weighted by Gasteiger charge is 2.40. The Morgan fingerprint density at radius 1 is 1.53 bits per heavy atom. The van der Waals surface area contributed by atoms with Crippen LogP contribution in [0.4, 0.5) is 0 Å². The fourth-order valence-electron chi connectivity index (χ4n) is 2.26. The SMILES string of the molecule is CCCC(C)C(=O)N1CC(O)CC1C(=O)OC. The van der Waals surface area contributed by atoms with Gasteiger partial charge in [0.2, 0.25) is 5.91 Å². The average molecular weight is 243 g/mol. The van der Waals surface area contributed by atoms with Crippen LogP contribution in [0.15, 0.2) is 0 Å². The van der Waals surface area contributed by atoms with Crippen molar-refractivity contribution in [3.63, 3.8) is 0 Å². The van der Waals surface area contributed by atoms with Gasteiger partial charge in [-0.15, -0.1) is 0 Å². The van der Waals surface area contributed by atoms with Crippen LogP contribution in [0.1, 0.15) is 33.1 Å². The number of methoxy groups -OCH3 is 1. The smallest absolute Gasteiger partial charge is 0.328 e. The van der Waals surface area contributed by atoms with E-state index >= 15 is 0 Å². The van der Waals surface area contributed by atoms with E-state index in [1.165, 1.54) is 12.0 Å². The molecule has 1 amide bonds. The summed E-state index contributed by atoms with van der Waals surface area (Å²) < 4.78 is 4.66. The van der Waals surface area contributed by atoms with Gasteiger partial charge in [-0.1, -0.05) is 20.3 Å². The van der Waals surface area contributed by atoms with Gasteiger partial charge in [0.25, 0.3) is 0 Å². The van der Waals surface area contributed by atoms with E-state index in [-0.39, 0.29) is 24.8 Å². The maximum atomic E-state index is 12.1. The number of nitrogens with zero attached hydrogens (tertiary/aromatic N) is 1. The Bertz CT molecular complexity index is 292. The van der Waals surface area contributed by atoms with Gasteiger partial charge in [0.15, 0.2) is 0 Å². The first-order valence-electron chi connectivity index (χ1n) is 6.07. The molecule has 0 aromatic rings. The molecule has 5 nitrogen and oxygen atoms in total. The van der Waals surface area contributed by atoms with Crippen molar-refractivity contribution in [2.45, 2.75) is 45.3 Å². The van der Waals surface area contributed by atoms with Gasteiger partial charge in [-0.2, -0.15) is 0 Å². The molecule has 0 aromatic heterocycles. The Morgan fingerprint density at radius 2 is 2.18 bits per heavy atom. The molecule has 1 fully saturated rings.